The molecule has 0 aliphatic heterocycles. The maximum atomic E-state index is 13.8. The lowest BCUT2D eigenvalue weighted by atomic mass is 9.95. The second kappa shape index (κ2) is 13.1. The van der Waals surface area contributed by atoms with E-state index in [1.54, 1.807) is 38.3 Å². The minimum atomic E-state index is -3.78. The molecular weight excluding hydrogens is 502 g/mol. The quantitative estimate of drug-likeness (QED) is 0.452. The number of anilines is 1. The Morgan fingerprint density at radius 2 is 1.63 bits per heavy atom. The van der Waals surface area contributed by atoms with Crippen LogP contribution in [0.25, 0.3) is 0 Å². The normalized spacial score (nSPS) is 15.1. The van der Waals surface area contributed by atoms with Crippen molar-refractivity contribution < 1.29 is 22.7 Å². The van der Waals surface area contributed by atoms with Gasteiger partial charge in [-0.05, 0) is 55.0 Å². The van der Waals surface area contributed by atoms with Crippen LogP contribution < -0.4 is 14.4 Å². The number of hydrogen-bond acceptors (Lipinski definition) is 5. The van der Waals surface area contributed by atoms with E-state index in [1.165, 1.54) is 11.3 Å². The Morgan fingerprint density at radius 1 is 1.00 bits per heavy atom. The SMILES string of the molecule is COc1ccc(CN(C(=O)CN(c2ccccc2C(C)C)S(C)(=O)=O)[C@H](C)C(=O)NC2CCCCC2)cc1. The Labute approximate surface area is 227 Å². The fourth-order valence-corrected chi connectivity index (χ4v) is 5.75. The second-order valence-electron chi connectivity index (χ2n) is 10.4. The minimum Gasteiger partial charge on any atom is -0.497 e. The maximum Gasteiger partial charge on any atom is 0.244 e. The molecule has 0 bridgehead atoms. The molecule has 0 heterocycles. The van der Waals surface area contributed by atoms with Crippen molar-refractivity contribution in [3.05, 3.63) is 59.7 Å². The summed E-state index contributed by atoms with van der Waals surface area (Å²) in [6.45, 7) is 5.42. The first-order valence-electron chi connectivity index (χ1n) is 13.3. The number of methoxy groups -OCH3 is 1. The summed E-state index contributed by atoms with van der Waals surface area (Å²) in [6.07, 6.45) is 6.28. The Morgan fingerprint density at radius 3 is 2.21 bits per heavy atom. The monoisotopic (exact) mass is 543 g/mol. The fourth-order valence-electron chi connectivity index (χ4n) is 4.88. The number of amides is 2. The van der Waals surface area contributed by atoms with Crippen molar-refractivity contribution in [1.82, 2.24) is 10.2 Å². The van der Waals surface area contributed by atoms with E-state index in [0.29, 0.717) is 11.4 Å². The highest BCUT2D eigenvalue weighted by molar-refractivity contribution is 7.92. The Bertz CT molecular complexity index is 1190. The second-order valence-corrected chi connectivity index (χ2v) is 12.3. The highest BCUT2D eigenvalue weighted by atomic mass is 32.2. The molecule has 2 aromatic carbocycles. The zero-order valence-electron chi connectivity index (χ0n) is 23.1. The van der Waals surface area contributed by atoms with Gasteiger partial charge >= 0.3 is 0 Å². The molecule has 0 spiro atoms. The van der Waals surface area contributed by atoms with E-state index >= 15 is 0 Å². The summed E-state index contributed by atoms with van der Waals surface area (Å²) in [7, 11) is -2.20. The fraction of sp³-hybridized carbons (Fsp3) is 0.517. The van der Waals surface area contributed by atoms with Crippen LogP contribution in [0.5, 0.6) is 5.75 Å². The van der Waals surface area contributed by atoms with E-state index in [-0.39, 0.29) is 24.4 Å². The van der Waals surface area contributed by atoms with Crippen molar-refractivity contribution in [3.8, 4) is 5.75 Å². The van der Waals surface area contributed by atoms with Crippen LogP contribution in [-0.4, -0.2) is 57.1 Å². The van der Waals surface area contributed by atoms with Gasteiger partial charge in [0.15, 0.2) is 0 Å². The zero-order valence-corrected chi connectivity index (χ0v) is 24.0. The lowest BCUT2D eigenvalue weighted by Crippen LogP contribution is -2.53. The third-order valence-corrected chi connectivity index (χ3v) is 8.26. The van der Waals surface area contributed by atoms with Gasteiger partial charge in [-0.25, -0.2) is 8.42 Å². The third-order valence-electron chi connectivity index (χ3n) is 7.14. The van der Waals surface area contributed by atoms with Gasteiger partial charge in [-0.3, -0.25) is 13.9 Å². The lowest BCUT2D eigenvalue weighted by Gasteiger charge is -2.33. The van der Waals surface area contributed by atoms with Crippen LogP contribution in [0.2, 0.25) is 0 Å². The van der Waals surface area contributed by atoms with Crippen molar-refractivity contribution in [2.24, 2.45) is 0 Å². The van der Waals surface area contributed by atoms with Gasteiger partial charge in [-0.2, -0.15) is 0 Å². The number of benzene rings is 2. The number of ether oxygens (including phenoxy) is 1. The first-order chi connectivity index (χ1) is 18.0. The molecule has 2 aromatic rings. The van der Waals surface area contributed by atoms with Gasteiger partial charge in [0.2, 0.25) is 21.8 Å². The first-order valence-corrected chi connectivity index (χ1v) is 15.2. The van der Waals surface area contributed by atoms with E-state index in [2.05, 4.69) is 5.32 Å². The largest absolute Gasteiger partial charge is 0.497 e. The standard InChI is InChI=1S/C29H41N3O5S/c1-21(2)26-13-9-10-14-27(26)32(38(5,35)36)20-28(33)31(19-23-15-17-25(37-4)18-16-23)22(3)29(34)30-24-11-7-6-8-12-24/h9-10,13-18,21-22,24H,6-8,11-12,19-20H2,1-5H3,(H,30,34)/t22-/m1/s1. The topological polar surface area (TPSA) is 96.0 Å². The highest BCUT2D eigenvalue weighted by Crippen LogP contribution is 2.29. The summed E-state index contributed by atoms with van der Waals surface area (Å²) in [5.74, 6) is 0.0627. The number of hydrogen-bond donors (Lipinski definition) is 1. The molecule has 208 valence electrons. The van der Waals surface area contributed by atoms with Gasteiger partial charge in [0.1, 0.15) is 18.3 Å². The van der Waals surface area contributed by atoms with Gasteiger partial charge in [0, 0.05) is 12.6 Å². The van der Waals surface area contributed by atoms with E-state index in [0.717, 1.165) is 47.4 Å². The van der Waals surface area contributed by atoms with Gasteiger partial charge in [0.25, 0.3) is 0 Å². The Kier molecular flexibility index (Phi) is 10.2. The predicted octanol–water partition coefficient (Wildman–Crippen LogP) is 4.45. The number of carbonyl (C=O) groups is 2. The molecule has 0 saturated heterocycles. The van der Waals surface area contributed by atoms with Gasteiger partial charge in [-0.15, -0.1) is 0 Å². The maximum absolute atomic E-state index is 13.8. The van der Waals surface area contributed by atoms with Crippen LogP contribution in [0.4, 0.5) is 5.69 Å². The van der Waals surface area contributed by atoms with Crippen LogP contribution in [0.15, 0.2) is 48.5 Å². The van der Waals surface area contributed by atoms with Crippen molar-refractivity contribution >= 4 is 27.5 Å². The summed E-state index contributed by atoms with van der Waals surface area (Å²) < 4.78 is 32.2. The molecule has 1 atom stereocenters. The molecule has 0 aromatic heterocycles. The molecule has 2 amide bonds. The minimum absolute atomic E-state index is 0.0566. The first kappa shape index (κ1) is 29.5. The molecule has 1 N–H and O–H groups in total. The molecule has 3 rings (SSSR count). The molecule has 9 heteroatoms. The Hall–Kier alpha value is -3.07. The molecule has 1 aliphatic rings. The number of carbonyl (C=O) groups excluding carboxylic acids is 2. The smallest absolute Gasteiger partial charge is 0.244 e. The van der Waals surface area contributed by atoms with Crippen LogP contribution in [0.1, 0.15) is 69.9 Å². The lowest BCUT2D eigenvalue weighted by molar-refractivity contribution is -0.139. The van der Waals surface area contributed by atoms with E-state index in [1.807, 2.05) is 38.1 Å². The van der Waals surface area contributed by atoms with Crippen molar-refractivity contribution in [2.75, 3.05) is 24.2 Å². The molecule has 8 nitrogen and oxygen atoms in total. The highest BCUT2D eigenvalue weighted by Gasteiger charge is 2.32. The number of nitrogens with one attached hydrogen (secondary N) is 1. The zero-order chi connectivity index (χ0) is 27.9. The van der Waals surface area contributed by atoms with Crippen LogP contribution in [-0.2, 0) is 26.2 Å². The summed E-state index contributed by atoms with van der Waals surface area (Å²) in [5.41, 5.74) is 2.11. The number of nitrogens with zero attached hydrogens (tertiary/aromatic N) is 2. The molecule has 1 aliphatic carbocycles. The van der Waals surface area contributed by atoms with Crippen molar-refractivity contribution in [3.63, 3.8) is 0 Å². The third kappa shape index (κ3) is 7.72. The summed E-state index contributed by atoms with van der Waals surface area (Å²) in [6, 6.07) is 13.8. The van der Waals surface area contributed by atoms with E-state index < -0.39 is 28.5 Å². The van der Waals surface area contributed by atoms with Crippen molar-refractivity contribution in [1.29, 1.82) is 0 Å². The number of sulfonamides is 1. The summed E-state index contributed by atoms with van der Waals surface area (Å²) in [5, 5.41) is 3.11. The molecule has 38 heavy (non-hydrogen) atoms. The van der Waals surface area contributed by atoms with Crippen molar-refractivity contribution in [2.45, 2.75) is 77.4 Å². The van der Waals surface area contributed by atoms with Crippen LogP contribution >= 0.6 is 0 Å². The molecule has 1 saturated carbocycles. The van der Waals surface area contributed by atoms with E-state index in [9.17, 15) is 18.0 Å². The Balaban J connectivity index is 1.91. The van der Waals surface area contributed by atoms with Crippen LogP contribution in [0, 0.1) is 0 Å². The van der Waals surface area contributed by atoms with Gasteiger partial charge in [-0.1, -0.05) is 63.4 Å². The summed E-state index contributed by atoms with van der Waals surface area (Å²) in [4.78, 5) is 28.6. The average Bonchev–Trinajstić information content (AvgIpc) is 2.90. The van der Waals surface area contributed by atoms with Gasteiger partial charge in [0.05, 0.1) is 19.1 Å². The van der Waals surface area contributed by atoms with Crippen LogP contribution in [0.3, 0.4) is 0 Å². The molecule has 0 unspecified atom stereocenters. The average molecular weight is 544 g/mol. The number of para-hydroxylation sites is 1. The molecular formula is C29H41N3O5S. The number of rotatable bonds is 11. The predicted molar refractivity (Wildman–Crippen MR) is 151 cm³/mol. The van der Waals surface area contributed by atoms with E-state index in [4.69, 9.17) is 4.74 Å². The molecule has 0 radical (unpaired) electrons. The van der Waals surface area contributed by atoms with Gasteiger partial charge < -0.3 is 15.0 Å². The summed E-state index contributed by atoms with van der Waals surface area (Å²) >= 11 is 0. The molecule has 1 fully saturated rings.